The Morgan fingerprint density at radius 2 is 2.10 bits per heavy atom. The normalized spacial score (nSPS) is 18.4. The molecule has 110 valence electrons. The third kappa shape index (κ3) is 5.28. The number of hydrogen-bond acceptors (Lipinski definition) is 4. The Morgan fingerprint density at radius 1 is 1.30 bits per heavy atom. The molecule has 2 rings (SSSR count). The van der Waals surface area contributed by atoms with Gasteiger partial charge < -0.3 is 15.2 Å². The van der Waals surface area contributed by atoms with Gasteiger partial charge in [0.25, 0.3) is 0 Å². The van der Waals surface area contributed by atoms with Crippen LogP contribution in [0.25, 0.3) is 0 Å². The molecule has 0 spiro atoms. The standard InChI is InChI=1S/C15H22N2O3/c18-14(10-17-8-6-15(19)16-7-9-17)12-20-11-13-4-2-1-3-5-13/h1-5,14,18H,6-12H2,(H,16,19). The Bertz CT molecular complexity index is 411. The van der Waals surface area contributed by atoms with Crippen LogP contribution in [0.15, 0.2) is 30.3 Å². The van der Waals surface area contributed by atoms with E-state index in [2.05, 4.69) is 10.2 Å². The average molecular weight is 278 g/mol. The number of rotatable bonds is 6. The fourth-order valence-electron chi connectivity index (χ4n) is 2.23. The zero-order valence-corrected chi connectivity index (χ0v) is 11.6. The lowest BCUT2D eigenvalue weighted by molar-refractivity contribution is -0.120. The lowest BCUT2D eigenvalue weighted by Gasteiger charge is -2.22. The van der Waals surface area contributed by atoms with Gasteiger partial charge in [0, 0.05) is 32.6 Å². The van der Waals surface area contributed by atoms with E-state index in [1.54, 1.807) is 0 Å². The molecule has 1 unspecified atom stereocenters. The van der Waals surface area contributed by atoms with Crippen molar-refractivity contribution in [2.75, 3.05) is 32.8 Å². The van der Waals surface area contributed by atoms with Gasteiger partial charge in [0.2, 0.25) is 5.91 Å². The van der Waals surface area contributed by atoms with Gasteiger partial charge in [-0.3, -0.25) is 9.69 Å². The van der Waals surface area contributed by atoms with Crippen molar-refractivity contribution in [1.29, 1.82) is 0 Å². The van der Waals surface area contributed by atoms with Gasteiger partial charge in [0.05, 0.1) is 19.3 Å². The van der Waals surface area contributed by atoms with Crippen LogP contribution in [0.5, 0.6) is 0 Å². The van der Waals surface area contributed by atoms with Crippen molar-refractivity contribution in [2.45, 2.75) is 19.1 Å². The Hall–Kier alpha value is -1.43. The van der Waals surface area contributed by atoms with Crippen LogP contribution in [-0.4, -0.2) is 54.8 Å². The van der Waals surface area contributed by atoms with E-state index in [0.717, 1.165) is 12.1 Å². The molecular weight excluding hydrogens is 256 g/mol. The van der Waals surface area contributed by atoms with Gasteiger partial charge in [0.15, 0.2) is 0 Å². The summed E-state index contributed by atoms with van der Waals surface area (Å²) in [5.41, 5.74) is 1.10. The summed E-state index contributed by atoms with van der Waals surface area (Å²) < 4.78 is 5.52. The Kier molecular flexibility index (Phi) is 5.98. The van der Waals surface area contributed by atoms with Gasteiger partial charge in [-0.15, -0.1) is 0 Å². The van der Waals surface area contributed by atoms with Crippen LogP contribution in [0.1, 0.15) is 12.0 Å². The summed E-state index contributed by atoms with van der Waals surface area (Å²) in [6.07, 6.45) is -0.0238. The monoisotopic (exact) mass is 278 g/mol. The first-order valence-corrected chi connectivity index (χ1v) is 7.03. The molecular formula is C15H22N2O3. The van der Waals surface area contributed by atoms with Crippen LogP contribution in [0.4, 0.5) is 0 Å². The van der Waals surface area contributed by atoms with Crippen LogP contribution in [0.3, 0.4) is 0 Å². The van der Waals surface area contributed by atoms with E-state index in [1.165, 1.54) is 0 Å². The molecule has 2 N–H and O–H groups in total. The number of ether oxygens (including phenoxy) is 1. The lowest BCUT2D eigenvalue weighted by Crippen LogP contribution is -2.37. The summed E-state index contributed by atoms with van der Waals surface area (Å²) >= 11 is 0. The molecule has 1 aromatic carbocycles. The molecule has 0 aliphatic carbocycles. The highest BCUT2D eigenvalue weighted by Gasteiger charge is 2.16. The molecule has 5 nitrogen and oxygen atoms in total. The second-order valence-electron chi connectivity index (χ2n) is 5.06. The summed E-state index contributed by atoms with van der Waals surface area (Å²) in [6, 6.07) is 9.90. The van der Waals surface area contributed by atoms with E-state index in [9.17, 15) is 9.90 Å². The zero-order chi connectivity index (χ0) is 14.2. The molecule has 1 heterocycles. The minimum absolute atomic E-state index is 0.0855. The van der Waals surface area contributed by atoms with Gasteiger partial charge >= 0.3 is 0 Å². The van der Waals surface area contributed by atoms with Crippen molar-refractivity contribution < 1.29 is 14.6 Å². The maximum atomic E-state index is 11.2. The third-order valence-electron chi connectivity index (χ3n) is 3.30. The molecule has 5 heteroatoms. The molecule has 1 amide bonds. The van der Waals surface area contributed by atoms with E-state index < -0.39 is 6.10 Å². The molecule has 1 aliphatic rings. The first kappa shape index (κ1) is 15.0. The summed E-state index contributed by atoms with van der Waals surface area (Å²) in [7, 11) is 0. The second kappa shape index (κ2) is 7.99. The maximum Gasteiger partial charge on any atom is 0.221 e. The molecule has 1 atom stereocenters. The number of aliphatic hydroxyl groups is 1. The van der Waals surface area contributed by atoms with E-state index in [1.807, 2.05) is 30.3 Å². The quantitative estimate of drug-likeness (QED) is 0.790. The van der Waals surface area contributed by atoms with Crippen molar-refractivity contribution >= 4 is 5.91 Å². The van der Waals surface area contributed by atoms with Crippen LogP contribution in [-0.2, 0) is 16.1 Å². The molecule has 0 saturated carbocycles. The maximum absolute atomic E-state index is 11.2. The second-order valence-corrected chi connectivity index (χ2v) is 5.06. The number of carbonyl (C=O) groups excluding carboxylic acids is 1. The Labute approximate surface area is 119 Å². The number of aliphatic hydroxyl groups excluding tert-OH is 1. The highest BCUT2D eigenvalue weighted by Crippen LogP contribution is 2.03. The van der Waals surface area contributed by atoms with Crippen LogP contribution >= 0.6 is 0 Å². The van der Waals surface area contributed by atoms with Gasteiger partial charge in [-0.05, 0) is 5.56 Å². The first-order chi connectivity index (χ1) is 9.74. The van der Waals surface area contributed by atoms with Crippen LogP contribution in [0, 0.1) is 0 Å². The summed E-state index contributed by atoms with van der Waals surface area (Å²) in [6.45, 7) is 3.49. The van der Waals surface area contributed by atoms with Crippen LogP contribution in [0.2, 0.25) is 0 Å². The van der Waals surface area contributed by atoms with Crippen molar-refractivity contribution in [1.82, 2.24) is 10.2 Å². The van der Waals surface area contributed by atoms with E-state index in [4.69, 9.17) is 4.74 Å². The summed E-state index contributed by atoms with van der Waals surface area (Å²) in [5, 5.41) is 12.8. The summed E-state index contributed by atoms with van der Waals surface area (Å²) in [5.74, 6) is 0.0855. The Morgan fingerprint density at radius 3 is 2.90 bits per heavy atom. The molecule has 0 bridgehead atoms. The van der Waals surface area contributed by atoms with Gasteiger partial charge in [-0.25, -0.2) is 0 Å². The number of nitrogens with zero attached hydrogens (tertiary/aromatic N) is 1. The van der Waals surface area contributed by atoms with Gasteiger partial charge in [0.1, 0.15) is 0 Å². The zero-order valence-electron chi connectivity index (χ0n) is 11.6. The largest absolute Gasteiger partial charge is 0.389 e. The molecule has 1 aromatic rings. The van der Waals surface area contributed by atoms with Crippen molar-refractivity contribution in [3.05, 3.63) is 35.9 Å². The van der Waals surface area contributed by atoms with E-state index >= 15 is 0 Å². The number of amides is 1. The lowest BCUT2D eigenvalue weighted by atomic mass is 10.2. The molecule has 1 aliphatic heterocycles. The van der Waals surface area contributed by atoms with Gasteiger partial charge in [-0.2, -0.15) is 0 Å². The third-order valence-corrected chi connectivity index (χ3v) is 3.30. The van der Waals surface area contributed by atoms with Gasteiger partial charge in [-0.1, -0.05) is 30.3 Å². The predicted molar refractivity (Wildman–Crippen MR) is 76.2 cm³/mol. The van der Waals surface area contributed by atoms with Crippen molar-refractivity contribution in [2.24, 2.45) is 0 Å². The average Bonchev–Trinajstić information content (AvgIpc) is 2.65. The van der Waals surface area contributed by atoms with Crippen LogP contribution < -0.4 is 5.32 Å². The number of hydrogen-bond donors (Lipinski definition) is 2. The summed E-state index contributed by atoms with van der Waals surface area (Å²) in [4.78, 5) is 13.3. The molecule has 1 fully saturated rings. The molecule has 0 radical (unpaired) electrons. The molecule has 1 saturated heterocycles. The predicted octanol–water partition coefficient (Wildman–Crippen LogP) is 0.386. The first-order valence-electron chi connectivity index (χ1n) is 7.03. The van der Waals surface area contributed by atoms with Crippen molar-refractivity contribution in [3.8, 4) is 0 Å². The Balaban J connectivity index is 1.64. The number of benzene rings is 1. The number of carbonyl (C=O) groups is 1. The minimum atomic E-state index is -0.521. The minimum Gasteiger partial charge on any atom is -0.389 e. The topological polar surface area (TPSA) is 61.8 Å². The fraction of sp³-hybridized carbons (Fsp3) is 0.533. The van der Waals surface area contributed by atoms with E-state index in [0.29, 0.717) is 39.3 Å². The molecule has 20 heavy (non-hydrogen) atoms. The highest BCUT2D eigenvalue weighted by molar-refractivity contribution is 5.76. The fourth-order valence-corrected chi connectivity index (χ4v) is 2.23. The van der Waals surface area contributed by atoms with Crippen molar-refractivity contribution in [3.63, 3.8) is 0 Å². The number of nitrogens with one attached hydrogen (secondary N) is 1. The molecule has 0 aromatic heterocycles. The SMILES string of the molecule is O=C1CCN(CC(O)COCc2ccccc2)CCN1. The smallest absolute Gasteiger partial charge is 0.221 e. The highest BCUT2D eigenvalue weighted by atomic mass is 16.5. The number of β-amino-alcohol motifs (C(OH)–C–C–N with tert-alkyl or cyclic N) is 1. The van der Waals surface area contributed by atoms with E-state index in [-0.39, 0.29) is 5.91 Å².